The molecule has 1 aliphatic rings. The van der Waals surface area contributed by atoms with Crippen LogP contribution in [0.3, 0.4) is 0 Å². The van der Waals surface area contributed by atoms with Crippen molar-refractivity contribution >= 4 is 5.91 Å². The fourth-order valence-electron chi connectivity index (χ4n) is 2.62. The van der Waals surface area contributed by atoms with Crippen molar-refractivity contribution in [2.75, 3.05) is 19.7 Å². The lowest BCUT2D eigenvalue weighted by Gasteiger charge is -2.34. The molecule has 1 aromatic carbocycles. The zero-order chi connectivity index (χ0) is 15.5. The molecule has 6 heteroatoms. The van der Waals surface area contributed by atoms with Crippen LogP contribution in [0.15, 0.2) is 43.0 Å². The Labute approximate surface area is 128 Å². The Kier molecular flexibility index (Phi) is 4.20. The Balaban J connectivity index is 1.70. The minimum absolute atomic E-state index is 0.0356. The zero-order valence-corrected chi connectivity index (χ0v) is 12.4. The lowest BCUT2D eigenvalue weighted by atomic mass is 10.1. The number of nitrogens with zero attached hydrogens (tertiary/aromatic N) is 3. The number of ether oxygens (including phenoxy) is 1. The van der Waals surface area contributed by atoms with Crippen molar-refractivity contribution in [1.82, 2.24) is 14.5 Å². The summed E-state index contributed by atoms with van der Waals surface area (Å²) in [6.07, 6.45) is 4.86. The van der Waals surface area contributed by atoms with Crippen molar-refractivity contribution in [3.63, 3.8) is 0 Å². The lowest BCUT2D eigenvalue weighted by Crippen LogP contribution is -2.44. The molecular formula is C16H18FN3O2. The Morgan fingerprint density at radius 1 is 1.41 bits per heavy atom. The number of morpholine rings is 1. The van der Waals surface area contributed by atoms with Crippen LogP contribution in [0.2, 0.25) is 0 Å². The number of amides is 1. The first-order chi connectivity index (χ1) is 10.6. The van der Waals surface area contributed by atoms with Crippen molar-refractivity contribution in [2.24, 2.45) is 0 Å². The predicted octanol–water partition coefficient (Wildman–Crippen LogP) is 2.18. The summed E-state index contributed by atoms with van der Waals surface area (Å²) >= 11 is 0. The molecule has 0 aliphatic carbocycles. The second kappa shape index (κ2) is 6.27. The molecule has 1 aromatic heterocycles. The Hall–Kier alpha value is -2.21. The molecule has 1 aliphatic heterocycles. The average molecular weight is 303 g/mol. The smallest absolute Gasteiger partial charge is 0.245 e. The van der Waals surface area contributed by atoms with E-state index in [-0.39, 0.29) is 23.9 Å². The summed E-state index contributed by atoms with van der Waals surface area (Å²) in [6, 6.07) is 5.93. The molecular weight excluding hydrogens is 285 g/mol. The Bertz CT molecular complexity index is 627. The number of halogens is 1. The van der Waals surface area contributed by atoms with E-state index in [1.54, 1.807) is 40.3 Å². The number of rotatable bonds is 3. The topological polar surface area (TPSA) is 47.4 Å². The van der Waals surface area contributed by atoms with Gasteiger partial charge in [0.05, 0.1) is 19.5 Å². The van der Waals surface area contributed by atoms with Crippen molar-refractivity contribution in [3.05, 3.63) is 54.4 Å². The number of hydrogen-bond donors (Lipinski definition) is 0. The van der Waals surface area contributed by atoms with E-state index in [0.29, 0.717) is 19.7 Å². The van der Waals surface area contributed by atoms with Gasteiger partial charge in [-0.25, -0.2) is 9.37 Å². The van der Waals surface area contributed by atoms with E-state index in [1.807, 2.05) is 6.92 Å². The highest BCUT2D eigenvalue weighted by atomic mass is 19.1. The molecule has 1 amide bonds. The quantitative estimate of drug-likeness (QED) is 0.873. The van der Waals surface area contributed by atoms with Crippen molar-refractivity contribution in [1.29, 1.82) is 0 Å². The lowest BCUT2D eigenvalue weighted by molar-refractivity contribution is -0.142. The summed E-state index contributed by atoms with van der Waals surface area (Å²) < 4.78 is 20.5. The van der Waals surface area contributed by atoms with Crippen molar-refractivity contribution < 1.29 is 13.9 Å². The van der Waals surface area contributed by atoms with Crippen LogP contribution >= 0.6 is 0 Å². The maximum atomic E-state index is 13.0. The van der Waals surface area contributed by atoms with Crippen LogP contribution in [0.5, 0.6) is 0 Å². The van der Waals surface area contributed by atoms with Gasteiger partial charge in [-0.15, -0.1) is 0 Å². The van der Waals surface area contributed by atoms with E-state index in [1.165, 1.54) is 12.1 Å². The van der Waals surface area contributed by atoms with E-state index < -0.39 is 0 Å². The average Bonchev–Trinajstić information content (AvgIpc) is 3.09. The van der Waals surface area contributed by atoms with Crippen LogP contribution in [-0.2, 0) is 9.53 Å². The summed E-state index contributed by atoms with van der Waals surface area (Å²) in [5, 5.41) is 0. The predicted molar refractivity (Wildman–Crippen MR) is 78.6 cm³/mol. The normalized spacial score (nSPS) is 19.9. The minimum Gasteiger partial charge on any atom is -0.370 e. The van der Waals surface area contributed by atoms with Crippen LogP contribution < -0.4 is 0 Å². The van der Waals surface area contributed by atoms with Gasteiger partial charge in [0.1, 0.15) is 18.0 Å². The van der Waals surface area contributed by atoms with Gasteiger partial charge in [0.15, 0.2) is 0 Å². The van der Waals surface area contributed by atoms with Crippen molar-refractivity contribution in [3.8, 4) is 0 Å². The van der Waals surface area contributed by atoms with Crippen molar-refractivity contribution in [2.45, 2.75) is 19.1 Å². The van der Waals surface area contributed by atoms with Gasteiger partial charge in [-0.1, -0.05) is 12.1 Å². The van der Waals surface area contributed by atoms with E-state index in [9.17, 15) is 9.18 Å². The molecule has 2 unspecified atom stereocenters. The summed E-state index contributed by atoms with van der Waals surface area (Å²) in [6.45, 7) is 3.37. The van der Waals surface area contributed by atoms with Gasteiger partial charge >= 0.3 is 0 Å². The highest BCUT2D eigenvalue weighted by Crippen LogP contribution is 2.24. The second-order valence-electron chi connectivity index (χ2n) is 5.38. The van der Waals surface area contributed by atoms with E-state index in [4.69, 9.17) is 4.74 Å². The van der Waals surface area contributed by atoms with E-state index in [2.05, 4.69) is 4.98 Å². The molecule has 1 fully saturated rings. The summed E-state index contributed by atoms with van der Waals surface area (Å²) in [5.74, 6) is -0.241. The molecule has 1 saturated heterocycles. The fourth-order valence-corrected chi connectivity index (χ4v) is 2.62. The Morgan fingerprint density at radius 3 is 2.86 bits per heavy atom. The molecule has 0 spiro atoms. The van der Waals surface area contributed by atoms with Crippen LogP contribution in [0.4, 0.5) is 4.39 Å². The molecule has 0 saturated carbocycles. The van der Waals surface area contributed by atoms with Crippen LogP contribution in [0, 0.1) is 5.82 Å². The highest BCUT2D eigenvalue weighted by Gasteiger charge is 2.28. The third-order valence-corrected chi connectivity index (χ3v) is 3.95. The fraction of sp³-hybridized carbons (Fsp3) is 0.375. The van der Waals surface area contributed by atoms with E-state index in [0.717, 1.165) is 5.56 Å². The molecule has 0 bridgehead atoms. The summed E-state index contributed by atoms with van der Waals surface area (Å²) in [4.78, 5) is 18.4. The van der Waals surface area contributed by atoms with Gasteiger partial charge in [-0.05, 0) is 24.6 Å². The maximum Gasteiger partial charge on any atom is 0.245 e. The van der Waals surface area contributed by atoms with Gasteiger partial charge in [-0.3, -0.25) is 4.79 Å². The van der Waals surface area contributed by atoms with E-state index >= 15 is 0 Å². The molecule has 5 nitrogen and oxygen atoms in total. The van der Waals surface area contributed by atoms with Gasteiger partial charge in [-0.2, -0.15) is 0 Å². The first-order valence-electron chi connectivity index (χ1n) is 7.28. The molecule has 2 aromatic rings. The number of benzene rings is 1. The molecule has 0 radical (unpaired) electrons. The molecule has 2 atom stereocenters. The Morgan fingerprint density at radius 2 is 2.18 bits per heavy atom. The molecule has 2 heterocycles. The molecule has 0 N–H and O–H groups in total. The third-order valence-electron chi connectivity index (χ3n) is 3.95. The van der Waals surface area contributed by atoms with Gasteiger partial charge in [0.2, 0.25) is 5.91 Å². The summed E-state index contributed by atoms with van der Waals surface area (Å²) in [7, 11) is 0. The molecule has 22 heavy (non-hydrogen) atoms. The number of aromatic nitrogens is 2. The van der Waals surface area contributed by atoms with Gasteiger partial charge < -0.3 is 14.2 Å². The van der Waals surface area contributed by atoms with Crippen LogP contribution in [0.1, 0.15) is 24.6 Å². The first-order valence-corrected chi connectivity index (χ1v) is 7.28. The monoisotopic (exact) mass is 303 g/mol. The first kappa shape index (κ1) is 14.7. The van der Waals surface area contributed by atoms with Crippen LogP contribution in [-0.4, -0.2) is 40.1 Å². The number of carbonyl (C=O) groups is 1. The number of hydrogen-bond acceptors (Lipinski definition) is 3. The highest BCUT2D eigenvalue weighted by molar-refractivity contribution is 5.80. The summed E-state index contributed by atoms with van der Waals surface area (Å²) in [5.41, 5.74) is 0.884. The second-order valence-corrected chi connectivity index (χ2v) is 5.38. The molecule has 116 valence electrons. The van der Waals surface area contributed by atoms with Crippen LogP contribution in [0.25, 0.3) is 0 Å². The largest absolute Gasteiger partial charge is 0.370 e. The third kappa shape index (κ3) is 3.01. The number of carbonyl (C=O) groups excluding carboxylic acids is 1. The molecule has 3 rings (SSSR count). The van der Waals surface area contributed by atoms with Gasteiger partial charge in [0, 0.05) is 18.9 Å². The van der Waals surface area contributed by atoms with Gasteiger partial charge in [0.25, 0.3) is 0 Å². The SMILES string of the molecule is CC(C(=O)N1CCOC(c2ccc(F)cc2)C1)n1ccnc1. The number of imidazole rings is 1. The maximum absolute atomic E-state index is 13.0. The zero-order valence-electron chi connectivity index (χ0n) is 12.4. The minimum atomic E-state index is -0.297. The standard InChI is InChI=1S/C16H18FN3O2/c1-12(20-7-6-18-11-20)16(21)19-8-9-22-15(10-19)13-2-4-14(17)5-3-13/h2-7,11-12,15H,8-10H2,1H3.